The smallest absolute Gasteiger partial charge is 0.243 e. The Balaban J connectivity index is 1.26. The van der Waals surface area contributed by atoms with E-state index in [-0.39, 0.29) is 11.3 Å². The third-order valence-corrected chi connectivity index (χ3v) is 7.03. The minimum Gasteiger partial charge on any atom is -0.353 e. The van der Waals surface area contributed by atoms with Crippen molar-refractivity contribution in [1.29, 1.82) is 0 Å². The first-order valence-electron chi connectivity index (χ1n) is 12.4. The predicted octanol–water partition coefficient (Wildman–Crippen LogP) is 5.46. The number of pyridine rings is 1. The van der Waals surface area contributed by atoms with Gasteiger partial charge in [-0.1, -0.05) is 66.7 Å². The number of benzene rings is 2. The monoisotopic (exact) mass is 453 g/mol. The number of carbonyl (C=O) groups is 1. The molecule has 1 atom stereocenters. The van der Waals surface area contributed by atoms with Crippen LogP contribution in [0.4, 0.5) is 0 Å². The molecule has 4 heteroatoms. The SMILES string of the molecule is CC1CC(c2ccccc2)(c2ccccc2)CCN1CCCCNC(=O)/C=C/c1cccnc1. The Morgan fingerprint density at radius 3 is 2.35 bits per heavy atom. The molecule has 1 aliphatic rings. The van der Waals surface area contributed by atoms with Crippen molar-refractivity contribution in [2.45, 2.75) is 44.1 Å². The standard InChI is InChI=1S/C30H35N3O/c1-25-23-30(27-12-4-2-5-13-27,28-14-6-3-7-15-28)18-22-33(25)21-9-8-20-32-29(34)17-16-26-11-10-19-31-24-26/h2-7,10-17,19,24-25H,8-9,18,20-23H2,1H3,(H,32,34)/b17-16+. The zero-order valence-electron chi connectivity index (χ0n) is 20.1. The number of piperidine rings is 1. The molecule has 1 N–H and O–H groups in total. The van der Waals surface area contributed by atoms with Crippen LogP contribution >= 0.6 is 0 Å². The number of unbranched alkanes of at least 4 members (excludes halogenated alkanes) is 1. The average Bonchev–Trinajstić information content (AvgIpc) is 2.89. The first-order chi connectivity index (χ1) is 16.7. The highest BCUT2D eigenvalue weighted by Gasteiger charge is 2.40. The lowest BCUT2D eigenvalue weighted by Gasteiger charge is -2.46. The van der Waals surface area contributed by atoms with Gasteiger partial charge in [0, 0.05) is 36.5 Å². The molecule has 0 spiro atoms. The van der Waals surface area contributed by atoms with Crippen LogP contribution in [-0.2, 0) is 10.2 Å². The van der Waals surface area contributed by atoms with E-state index < -0.39 is 0 Å². The minimum absolute atomic E-state index is 0.0503. The summed E-state index contributed by atoms with van der Waals surface area (Å²) in [5, 5.41) is 2.99. The molecule has 176 valence electrons. The molecule has 0 radical (unpaired) electrons. The maximum absolute atomic E-state index is 12.0. The first kappa shape index (κ1) is 23.9. The van der Waals surface area contributed by atoms with Gasteiger partial charge in [-0.3, -0.25) is 9.78 Å². The van der Waals surface area contributed by atoms with Crippen molar-refractivity contribution in [2.75, 3.05) is 19.6 Å². The van der Waals surface area contributed by atoms with Crippen LogP contribution < -0.4 is 5.32 Å². The molecule has 4 rings (SSSR count). The van der Waals surface area contributed by atoms with E-state index in [0.717, 1.165) is 44.3 Å². The summed E-state index contributed by atoms with van der Waals surface area (Å²) in [5.74, 6) is -0.0503. The van der Waals surface area contributed by atoms with E-state index in [2.05, 4.69) is 82.8 Å². The summed E-state index contributed by atoms with van der Waals surface area (Å²) in [6.45, 7) is 5.23. The zero-order chi connectivity index (χ0) is 23.6. The molecule has 0 saturated carbocycles. The van der Waals surface area contributed by atoms with Gasteiger partial charge >= 0.3 is 0 Å². The van der Waals surface area contributed by atoms with Gasteiger partial charge in [-0.05, 0) is 74.5 Å². The number of nitrogens with one attached hydrogen (secondary N) is 1. The van der Waals surface area contributed by atoms with E-state index in [9.17, 15) is 4.79 Å². The maximum atomic E-state index is 12.0. The van der Waals surface area contributed by atoms with E-state index in [1.54, 1.807) is 24.5 Å². The molecule has 1 fully saturated rings. The first-order valence-corrected chi connectivity index (χ1v) is 12.4. The van der Waals surface area contributed by atoms with Crippen molar-refractivity contribution in [3.63, 3.8) is 0 Å². The summed E-state index contributed by atoms with van der Waals surface area (Å²) in [5.41, 5.74) is 3.86. The minimum atomic E-state index is -0.0503. The van der Waals surface area contributed by atoms with Gasteiger partial charge in [0.2, 0.25) is 5.91 Å². The van der Waals surface area contributed by atoms with Crippen LogP contribution in [-0.4, -0.2) is 41.5 Å². The van der Waals surface area contributed by atoms with Crippen LogP contribution in [0.25, 0.3) is 6.08 Å². The van der Waals surface area contributed by atoms with Gasteiger partial charge in [0.25, 0.3) is 0 Å². The molecule has 2 heterocycles. The van der Waals surface area contributed by atoms with Gasteiger partial charge in [-0.25, -0.2) is 0 Å². The summed E-state index contributed by atoms with van der Waals surface area (Å²) in [7, 11) is 0. The van der Waals surface area contributed by atoms with Gasteiger partial charge in [0.05, 0.1) is 0 Å². The third kappa shape index (κ3) is 6.00. The number of hydrogen-bond acceptors (Lipinski definition) is 3. The van der Waals surface area contributed by atoms with Gasteiger partial charge in [0.1, 0.15) is 0 Å². The van der Waals surface area contributed by atoms with Crippen molar-refractivity contribution in [1.82, 2.24) is 15.2 Å². The number of rotatable bonds is 9. The molecule has 3 aromatic rings. The number of nitrogens with zero attached hydrogens (tertiary/aromatic N) is 2. The molecular weight excluding hydrogens is 418 g/mol. The molecule has 1 amide bonds. The topological polar surface area (TPSA) is 45.2 Å². The van der Waals surface area contributed by atoms with Gasteiger partial charge in [-0.15, -0.1) is 0 Å². The molecular formula is C30H35N3O. The second-order valence-electron chi connectivity index (χ2n) is 9.27. The Kier molecular flexibility index (Phi) is 8.26. The fraction of sp³-hybridized carbons (Fsp3) is 0.333. The molecule has 34 heavy (non-hydrogen) atoms. The Morgan fingerprint density at radius 1 is 1.03 bits per heavy atom. The molecule has 1 aromatic heterocycles. The van der Waals surface area contributed by atoms with Crippen LogP contribution in [0.15, 0.2) is 91.3 Å². The van der Waals surface area contributed by atoms with Crippen LogP contribution in [0.1, 0.15) is 49.3 Å². The van der Waals surface area contributed by atoms with Crippen molar-refractivity contribution in [3.05, 3.63) is 108 Å². The van der Waals surface area contributed by atoms with Crippen LogP contribution in [0.5, 0.6) is 0 Å². The number of amides is 1. The summed E-state index contributed by atoms with van der Waals surface area (Å²) >= 11 is 0. The molecule has 4 nitrogen and oxygen atoms in total. The average molecular weight is 454 g/mol. The highest BCUT2D eigenvalue weighted by atomic mass is 16.1. The number of carbonyl (C=O) groups excluding carboxylic acids is 1. The van der Waals surface area contributed by atoms with E-state index >= 15 is 0 Å². The predicted molar refractivity (Wildman–Crippen MR) is 139 cm³/mol. The lowest BCUT2D eigenvalue weighted by atomic mass is 9.66. The number of aromatic nitrogens is 1. The quantitative estimate of drug-likeness (QED) is 0.346. The summed E-state index contributed by atoms with van der Waals surface area (Å²) < 4.78 is 0. The summed E-state index contributed by atoms with van der Waals surface area (Å²) in [6.07, 6.45) is 11.2. The normalized spacial score (nSPS) is 18.1. The van der Waals surface area contributed by atoms with Crippen LogP contribution in [0.3, 0.4) is 0 Å². The Labute approximate surface area is 203 Å². The van der Waals surface area contributed by atoms with Crippen molar-refractivity contribution in [2.24, 2.45) is 0 Å². The van der Waals surface area contributed by atoms with Gasteiger partial charge in [0.15, 0.2) is 0 Å². The number of likely N-dealkylation sites (tertiary alicyclic amines) is 1. The number of hydrogen-bond donors (Lipinski definition) is 1. The molecule has 0 aliphatic carbocycles. The lowest BCUT2D eigenvalue weighted by molar-refractivity contribution is -0.116. The largest absolute Gasteiger partial charge is 0.353 e. The Bertz CT molecular complexity index is 1010. The summed E-state index contributed by atoms with van der Waals surface area (Å²) in [6, 6.07) is 26.3. The van der Waals surface area contributed by atoms with E-state index in [0.29, 0.717) is 12.6 Å². The van der Waals surface area contributed by atoms with Crippen LogP contribution in [0.2, 0.25) is 0 Å². The fourth-order valence-corrected chi connectivity index (χ4v) is 5.18. The molecule has 2 aromatic carbocycles. The molecule has 1 saturated heterocycles. The summed E-state index contributed by atoms with van der Waals surface area (Å²) in [4.78, 5) is 18.7. The van der Waals surface area contributed by atoms with E-state index in [4.69, 9.17) is 0 Å². The third-order valence-electron chi connectivity index (χ3n) is 7.03. The van der Waals surface area contributed by atoms with Crippen molar-refractivity contribution < 1.29 is 4.79 Å². The fourth-order valence-electron chi connectivity index (χ4n) is 5.18. The molecule has 0 bridgehead atoms. The van der Waals surface area contributed by atoms with Crippen molar-refractivity contribution >= 4 is 12.0 Å². The Hall–Kier alpha value is -3.24. The van der Waals surface area contributed by atoms with Gasteiger partial charge < -0.3 is 10.2 Å². The van der Waals surface area contributed by atoms with E-state index in [1.807, 2.05) is 12.1 Å². The van der Waals surface area contributed by atoms with Crippen LogP contribution in [0, 0.1) is 0 Å². The van der Waals surface area contributed by atoms with E-state index in [1.165, 1.54) is 11.1 Å². The van der Waals surface area contributed by atoms with Crippen molar-refractivity contribution in [3.8, 4) is 0 Å². The maximum Gasteiger partial charge on any atom is 0.243 e. The second kappa shape index (κ2) is 11.8. The Morgan fingerprint density at radius 2 is 1.74 bits per heavy atom. The molecule has 1 unspecified atom stereocenters. The molecule has 1 aliphatic heterocycles. The van der Waals surface area contributed by atoms with Gasteiger partial charge in [-0.2, -0.15) is 0 Å². The zero-order valence-corrected chi connectivity index (χ0v) is 20.1. The highest BCUT2D eigenvalue weighted by molar-refractivity contribution is 5.91. The lowest BCUT2D eigenvalue weighted by Crippen LogP contribution is -2.48. The second-order valence-corrected chi connectivity index (χ2v) is 9.27. The highest BCUT2D eigenvalue weighted by Crippen LogP contribution is 2.43.